The molecule has 1 heterocycles. The zero-order chi connectivity index (χ0) is 28.5. The van der Waals surface area contributed by atoms with Crippen molar-refractivity contribution in [3.8, 4) is 11.1 Å². The van der Waals surface area contributed by atoms with Gasteiger partial charge in [0.05, 0.1) is 16.5 Å². The number of hydrogen-bond donors (Lipinski definition) is 2. The Hall–Kier alpha value is -4.52. The van der Waals surface area contributed by atoms with Crippen LogP contribution in [-0.2, 0) is 11.3 Å². The number of aliphatic carboxylic acids is 1. The number of rotatable bonds is 7. The molecule has 4 aromatic carbocycles. The molecule has 5 nitrogen and oxygen atoms in total. The van der Waals surface area contributed by atoms with Crippen molar-refractivity contribution in [3.05, 3.63) is 108 Å². The molecule has 1 atom stereocenters. The second kappa shape index (κ2) is 8.99. The van der Waals surface area contributed by atoms with Crippen LogP contribution in [0.15, 0.2) is 85.1 Å². The highest BCUT2D eigenvalue weighted by Crippen LogP contribution is 2.74. The van der Waals surface area contributed by atoms with E-state index in [-0.39, 0.29) is 22.9 Å². The highest BCUT2D eigenvalue weighted by atomic mass is 19.1. The summed E-state index contributed by atoms with van der Waals surface area (Å²) in [5, 5.41) is 15.7. The van der Waals surface area contributed by atoms with E-state index in [0.717, 1.165) is 27.8 Å². The third-order valence-corrected chi connectivity index (χ3v) is 9.31. The Labute approximate surface area is 235 Å². The summed E-state index contributed by atoms with van der Waals surface area (Å²) in [5.74, 6) is -2.44. The highest BCUT2D eigenvalue weighted by Gasteiger charge is 2.73. The fourth-order valence-electron chi connectivity index (χ4n) is 7.05. The smallest absolute Gasteiger partial charge is 0.309 e. The number of hydrogen-bond acceptors (Lipinski definition) is 2. The molecule has 7 heteroatoms. The lowest BCUT2D eigenvalue weighted by Gasteiger charge is -2.70. The van der Waals surface area contributed by atoms with Gasteiger partial charge in [-0.1, -0.05) is 36.4 Å². The number of carbonyl (C=O) groups is 2. The van der Waals surface area contributed by atoms with E-state index in [4.69, 9.17) is 0 Å². The van der Waals surface area contributed by atoms with Crippen LogP contribution < -0.4 is 5.32 Å². The van der Waals surface area contributed by atoms with Gasteiger partial charge in [0, 0.05) is 35.8 Å². The lowest BCUT2D eigenvalue weighted by molar-refractivity contribution is -0.230. The molecule has 8 rings (SSSR count). The molecule has 2 bridgehead atoms. The lowest BCUT2D eigenvalue weighted by atomic mass is 9.33. The number of nitrogens with one attached hydrogen (secondary N) is 1. The van der Waals surface area contributed by atoms with Crippen LogP contribution in [0.1, 0.15) is 42.1 Å². The molecule has 3 fully saturated rings. The third kappa shape index (κ3) is 4.02. The molecule has 1 aromatic heterocycles. The summed E-state index contributed by atoms with van der Waals surface area (Å²) in [4.78, 5) is 25.5. The van der Waals surface area contributed by atoms with Crippen LogP contribution >= 0.6 is 0 Å². The minimum absolute atomic E-state index is 0.207. The maximum absolute atomic E-state index is 14.8. The number of halogens is 2. The average Bonchev–Trinajstić information content (AvgIpc) is 3.28. The van der Waals surface area contributed by atoms with Crippen molar-refractivity contribution in [2.75, 3.05) is 0 Å². The molecule has 41 heavy (non-hydrogen) atoms. The van der Waals surface area contributed by atoms with Crippen LogP contribution in [0.2, 0.25) is 0 Å². The zero-order valence-electron chi connectivity index (χ0n) is 22.5. The number of benzene rings is 4. The molecule has 0 saturated heterocycles. The average molecular weight is 551 g/mol. The third-order valence-electron chi connectivity index (χ3n) is 9.31. The predicted molar refractivity (Wildman–Crippen MR) is 154 cm³/mol. The van der Waals surface area contributed by atoms with Crippen molar-refractivity contribution in [1.29, 1.82) is 0 Å². The summed E-state index contributed by atoms with van der Waals surface area (Å²) in [6.45, 7) is 2.46. The number of carboxylic acids is 1. The number of fused-ring (bicyclic) bond motifs is 2. The number of nitrogens with zero attached hydrogens (tertiary/aromatic N) is 1. The van der Waals surface area contributed by atoms with Crippen molar-refractivity contribution < 1.29 is 23.5 Å². The van der Waals surface area contributed by atoms with Gasteiger partial charge in [0.2, 0.25) is 0 Å². The van der Waals surface area contributed by atoms with Crippen molar-refractivity contribution in [2.24, 2.45) is 10.8 Å². The van der Waals surface area contributed by atoms with Crippen LogP contribution in [0.25, 0.3) is 32.8 Å². The van der Waals surface area contributed by atoms with E-state index in [2.05, 4.69) is 35.6 Å². The summed E-state index contributed by atoms with van der Waals surface area (Å²) >= 11 is 0. The van der Waals surface area contributed by atoms with E-state index in [9.17, 15) is 23.5 Å². The maximum Gasteiger partial charge on any atom is 0.309 e. The molecule has 0 spiro atoms. The first-order valence-corrected chi connectivity index (χ1v) is 13.8. The molecule has 206 valence electrons. The van der Waals surface area contributed by atoms with E-state index in [1.54, 1.807) is 6.07 Å². The van der Waals surface area contributed by atoms with Gasteiger partial charge in [-0.15, -0.1) is 0 Å². The first-order valence-electron chi connectivity index (χ1n) is 13.8. The standard InChI is InChI=1S/C34H28F2N2O3/c1-20(33-17-34(18-33,19-33)32(40)41)37-31(39)28-14-25(27-9-8-26(35)15-29(27)36)13-24-10-11-38(30(24)28)16-21-6-7-22-4-2-3-5-23(22)12-21/h2-15,20H,16-19H2,1H3,(H,37,39)(H,40,41)/t20-,33?,34?/m0/s1. The largest absolute Gasteiger partial charge is 0.481 e. The summed E-state index contributed by atoms with van der Waals surface area (Å²) < 4.78 is 30.5. The van der Waals surface area contributed by atoms with E-state index < -0.39 is 23.0 Å². The van der Waals surface area contributed by atoms with Gasteiger partial charge in [-0.3, -0.25) is 9.59 Å². The van der Waals surface area contributed by atoms with Crippen molar-refractivity contribution in [1.82, 2.24) is 9.88 Å². The van der Waals surface area contributed by atoms with Gasteiger partial charge in [0.25, 0.3) is 5.91 Å². The number of carbonyl (C=O) groups excluding carboxylic acids is 1. The van der Waals surface area contributed by atoms with Gasteiger partial charge < -0.3 is 15.0 Å². The Bertz CT molecular complexity index is 1870. The lowest BCUT2D eigenvalue weighted by Crippen LogP contribution is -2.71. The van der Waals surface area contributed by atoms with E-state index in [1.165, 1.54) is 12.1 Å². The second-order valence-corrected chi connectivity index (χ2v) is 11.9. The van der Waals surface area contributed by atoms with Crippen LogP contribution in [0.3, 0.4) is 0 Å². The predicted octanol–water partition coefficient (Wildman–Crippen LogP) is 7.16. The normalized spacial score (nSPS) is 21.7. The maximum atomic E-state index is 14.8. The topological polar surface area (TPSA) is 71.3 Å². The van der Waals surface area contributed by atoms with Gasteiger partial charge in [-0.2, -0.15) is 0 Å². The van der Waals surface area contributed by atoms with Crippen molar-refractivity contribution >= 4 is 33.6 Å². The monoisotopic (exact) mass is 550 g/mol. The van der Waals surface area contributed by atoms with E-state index >= 15 is 0 Å². The summed E-state index contributed by atoms with van der Waals surface area (Å²) in [6, 6.07) is 23.0. The molecule has 3 aliphatic carbocycles. The van der Waals surface area contributed by atoms with Gasteiger partial charge in [0.1, 0.15) is 11.6 Å². The quantitative estimate of drug-likeness (QED) is 0.226. The summed E-state index contributed by atoms with van der Waals surface area (Å²) in [6.07, 6.45) is 3.60. The fraction of sp³-hybridized carbons (Fsp3) is 0.235. The van der Waals surface area contributed by atoms with Crippen LogP contribution in [0.4, 0.5) is 8.78 Å². The van der Waals surface area contributed by atoms with Gasteiger partial charge in [-0.05, 0) is 89.9 Å². The van der Waals surface area contributed by atoms with E-state index in [1.807, 2.05) is 42.0 Å². The van der Waals surface area contributed by atoms with Gasteiger partial charge >= 0.3 is 5.97 Å². The zero-order valence-corrected chi connectivity index (χ0v) is 22.5. The molecule has 2 N–H and O–H groups in total. The molecule has 3 saturated carbocycles. The minimum Gasteiger partial charge on any atom is -0.481 e. The second-order valence-electron chi connectivity index (χ2n) is 11.9. The van der Waals surface area contributed by atoms with Crippen LogP contribution in [0.5, 0.6) is 0 Å². The van der Waals surface area contributed by atoms with Crippen LogP contribution in [-0.4, -0.2) is 27.6 Å². The Morgan fingerprint density at radius 1 is 0.927 bits per heavy atom. The van der Waals surface area contributed by atoms with Gasteiger partial charge in [-0.25, -0.2) is 8.78 Å². The number of amides is 1. The first-order chi connectivity index (χ1) is 19.7. The summed E-state index contributed by atoms with van der Waals surface area (Å²) in [7, 11) is 0. The Balaban J connectivity index is 1.27. The SMILES string of the molecule is C[C@H](NC(=O)c1cc(-c2ccc(F)cc2F)cc2ccn(Cc3ccc4ccccc4c3)c12)C12CC(C(=O)O)(C1)C2. The molecule has 0 radical (unpaired) electrons. The minimum atomic E-state index is -0.764. The van der Waals surface area contributed by atoms with Crippen LogP contribution in [0, 0.1) is 22.5 Å². The molecular weight excluding hydrogens is 522 g/mol. The van der Waals surface area contributed by atoms with Gasteiger partial charge in [0.15, 0.2) is 0 Å². The molecule has 3 aliphatic rings. The first kappa shape index (κ1) is 25.4. The highest BCUT2D eigenvalue weighted by molar-refractivity contribution is 6.08. The Morgan fingerprint density at radius 2 is 1.68 bits per heavy atom. The molecular formula is C34H28F2N2O3. The van der Waals surface area contributed by atoms with Crippen molar-refractivity contribution in [3.63, 3.8) is 0 Å². The number of aromatic nitrogens is 1. The molecule has 5 aromatic rings. The Morgan fingerprint density at radius 3 is 2.41 bits per heavy atom. The summed E-state index contributed by atoms with van der Waals surface area (Å²) in [5.41, 5.74) is 2.02. The molecule has 0 unspecified atom stereocenters. The Kier molecular flexibility index (Phi) is 5.58. The van der Waals surface area contributed by atoms with Crippen molar-refractivity contribution in [2.45, 2.75) is 38.8 Å². The fourth-order valence-corrected chi connectivity index (χ4v) is 7.05. The van der Waals surface area contributed by atoms with E-state index in [0.29, 0.717) is 42.5 Å². The molecule has 1 amide bonds. The number of carboxylic acid groups (broad SMARTS) is 1. The molecule has 0 aliphatic heterocycles.